The Hall–Kier alpha value is -3.47. The maximum absolute atomic E-state index is 14.4. The van der Waals surface area contributed by atoms with Crippen LogP contribution in [0.4, 0.5) is 22.0 Å². The molecule has 2 aliphatic rings. The topological polar surface area (TPSA) is 70.1 Å². The number of ether oxygens (including phenoxy) is 1. The van der Waals surface area contributed by atoms with Crippen LogP contribution in [0.2, 0.25) is 0 Å². The number of hydrogen-bond donors (Lipinski definition) is 1. The molecule has 34 heavy (non-hydrogen) atoms. The van der Waals surface area contributed by atoms with Crippen molar-refractivity contribution < 1.29 is 41.5 Å². The summed E-state index contributed by atoms with van der Waals surface area (Å²) in [6.07, 6.45) is -5.86. The maximum atomic E-state index is 14.4. The molecule has 2 aromatic carbocycles. The molecule has 0 saturated heterocycles. The van der Waals surface area contributed by atoms with E-state index < -0.39 is 34.7 Å². The molecule has 6 nitrogen and oxygen atoms in total. The van der Waals surface area contributed by atoms with E-state index in [1.807, 2.05) is 0 Å². The van der Waals surface area contributed by atoms with Gasteiger partial charge in [-0.2, -0.15) is 27.0 Å². The summed E-state index contributed by atoms with van der Waals surface area (Å²) in [7, 11) is 0. The lowest BCUT2D eigenvalue weighted by atomic mass is 9.88. The van der Waals surface area contributed by atoms with E-state index in [4.69, 9.17) is 4.74 Å². The van der Waals surface area contributed by atoms with Gasteiger partial charge >= 0.3 is 12.1 Å². The molecule has 11 heteroatoms. The third-order valence-electron chi connectivity index (χ3n) is 5.94. The predicted octanol–water partition coefficient (Wildman–Crippen LogP) is 4.99. The van der Waals surface area contributed by atoms with Crippen molar-refractivity contribution in [2.75, 3.05) is 0 Å². The Labute approximate surface area is 190 Å². The third-order valence-corrected chi connectivity index (χ3v) is 5.94. The molecule has 2 aromatic rings. The molecule has 0 aliphatic carbocycles. The predicted molar refractivity (Wildman–Crippen MR) is 109 cm³/mol. The van der Waals surface area contributed by atoms with Gasteiger partial charge in [0, 0.05) is 16.7 Å². The first-order valence-electron chi connectivity index (χ1n) is 10.1. The zero-order chi connectivity index (χ0) is 25.2. The van der Waals surface area contributed by atoms with Gasteiger partial charge in [-0.15, -0.1) is 0 Å². The van der Waals surface area contributed by atoms with Crippen LogP contribution in [0.5, 0.6) is 5.75 Å². The molecule has 2 aliphatic heterocycles. The summed E-state index contributed by atoms with van der Waals surface area (Å²) in [5.41, 5.74) is -3.16. The molecule has 0 bridgehead atoms. The molecule has 4 rings (SSSR count). The molecular weight excluding hydrogens is 463 g/mol. The van der Waals surface area contributed by atoms with Gasteiger partial charge in [0.25, 0.3) is 5.91 Å². The molecule has 2 heterocycles. The van der Waals surface area contributed by atoms with E-state index in [-0.39, 0.29) is 40.7 Å². The Morgan fingerprint density at radius 1 is 1.12 bits per heavy atom. The highest BCUT2D eigenvalue weighted by Crippen LogP contribution is 2.51. The third kappa shape index (κ3) is 3.33. The van der Waals surface area contributed by atoms with Crippen LogP contribution in [0.25, 0.3) is 5.70 Å². The highest BCUT2D eigenvalue weighted by molar-refractivity contribution is 6.04. The highest BCUT2D eigenvalue weighted by Gasteiger charge is 2.60. The first-order chi connectivity index (χ1) is 15.7. The summed E-state index contributed by atoms with van der Waals surface area (Å²) in [6.45, 7) is 3.90. The van der Waals surface area contributed by atoms with Crippen molar-refractivity contribution in [1.82, 2.24) is 9.96 Å². The lowest BCUT2D eigenvalue weighted by molar-refractivity contribution is -0.289. The molecule has 0 radical (unpaired) electrons. The summed E-state index contributed by atoms with van der Waals surface area (Å²) >= 11 is 0. The van der Waals surface area contributed by atoms with Gasteiger partial charge in [-0.25, -0.2) is 0 Å². The van der Waals surface area contributed by atoms with E-state index in [1.165, 1.54) is 13.8 Å². The van der Waals surface area contributed by atoms with Crippen LogP contribution in [-0.4, -0.2) is 39.3 Å². The first kappa shape index (κ1) is 23.7. The second-order valence-corrected chi connectivity index (χ2v) is 8.49. The molecule has 0 saturated carbocycles. The van der Waals surface area contributed by atoms with Crippen LogP contribution < -0.4 is 4.74 Å². The standard InChI is InChI=1S/C23H19F5N2O4/c1-12-15(22(24,25)23(26,27)28)8-9-16-17(12)18(19(30(33)11-31)21(2,3)34-16)29-10-13-6-4-5-7-14(13)20(29)32/h4-9,11,33H,10H2,1-3H3. The quantitative estimate of drug-likeness (QED) is 0.289. The van der Waals surface area contributed by atoms with Gasteiger partial charge in [-0.3, -0.25) is 14.8 Å². The monoisotopic (exact) mass is 482 g/mol. The number of halogens is 5. The van der Waals surface area contributed by atoms with Crippen molar-refractivity contribution in [3.8, 4) is 5.75 Å². The highest BCUT2D eigenvalue weighted by atomic mass is 19.4. The minimum absolute atomic E-state index is 0.0165. The van der Waals surface area contributed by atoms with Crippen molar-refractivity contribution in [2.45, 2.75) is 45.0 Å². The summed E-state index contributed by atoms with van der Waals surface area (Å²) < 4.78 is 74.2. The summed E-state index contributed by atoms with van der Waals surface area (Å²) in [6, 6.07) is 8.10. The van der Waals surface area contributed by atoms with Gasteiger partial charge in [0.05, 0.1) is 12.2 Å². The van der Waals surface area contributed by atoms with Crippen molar-refractivity contribution in [2.24, 2.45) is 0 Å². The van der Waals surface area contributed by atoms with Gasteiger partial charge in [0.2, 0.25) is 6.41 Å². The van der Waals surface area contributed by atoms with Gasteiger partial charge < -0.3 is 9.64 Å². The number of hydroxylamine groups is 2. The fourth-order valence-corrected chi connectivity index (χ4v) is 4.42. The number of nitrogens with zero attached hydrogens (tertiary/aromatic N) is 2. The fourth-order valence-electron chi connectivity index (χ4n) is 4.42. The van der Waals surface area contributed by atoms with Crippen molar-refractivity contribution in [1.29, 1.82) is 0 Å². The van der Waals surface area contributed by atoms with Gasteiger partial charge in [0.1, 0.15) is 17.0 Å². The second kappa shape index (κ2) is 7.52. The smallest absolute Gasteiger partial charge is 0.458 e. The Balaban J connectivity index is 2.05. The van der Waals surface area contributed by atoms with E-state index >= 15 is 0 Å². The van der Waals surface area contributed by atoms with Crippen LogP contribution in [0, 0.1) is 6.92 Å². The Morgan fingerprint density at radius 3 is 2.35 bits per heavy atom. The minimum atomic E-state index is -5.88. The molecule has 2 amide bonds. The molecule has 0 aromatic heterocycles. The number of hydrogen-bond acceptors (Lipinski definition) is 4. The van der Waals surface area contributed by atoms with Gasteiger partial charge in [0.15, 0.2) is 0 Å². The normalized spacial score (nSPS) is 17.3. The first-order valence-corrected chi connectivity index (χ1v) is 10.1. The van der Waals surface area contributed by atoms with Crippen molar-refractivity contribution in [3.05, 3.63) is 69.9 Å². The van der Waals surface area contributed by atoms with Gasteiger partial charge in [-0.05, 0) is 50.1 Å². The molecule has 180 valence electrons. The molecule has 0 unspecified atom stereocenters. The van der Waals surface area contributed by atoms with Crippen LogP contribution in [-0.2, 0) is 17.3 Å². The molecule has 0 atom stereocenters. The molecule has 0 fully saturated rings. The summed E-state index contributed by atoms with van der Waals surface area (Å²) in [4.78, 5) is 25.9. The lowest BCUT2D eigenvalue weighted by Crippen LogP contribution is -2.45. The lowest BCUT2D eigenvalue weighted by Gasteiger charge is -2.41. The van der Waals surface area contributed by atoms with Crippen molar-refractivity contribution in [3.63, 3.8) is 0 Å². The van der Waals surface area contributed by atoms with E-state index in [1.54, 1.807) is 24.3 Å². The van der Waals surface area contributed by atoms with E-state index in [0.29, 0.717) is 17.2 Å². The van der Waals surface area contributed by atoms with Crippen LogP contribution in [0.3, 0.4) is 0 Å². The van der Waals surface area contributed by atoms with Gasteiger partial charge in [-0.1, -0.05) is 18.2 Å². The van der Waals surface area contributed by atoms with E-state index in [2.05, 4.69) is 0 Å². The number of benzene rings is 2. The van der Waals surface area contributed by atoms with E-state index in [9.17, 15) is 36.7 Å². The molecular formula is C23H19F5N2O4. The van der Waals surface area contributed by atoms with Crippen LogP contribution >= 0.6 is 0 Å². The number of rotatable bonds is 4. The minimum Gasteiger partial charge on any atom is -0.481 e. The van der Waals surface area contributed by atoms with Crippen molar-refractivity contribution >= 4 is 18.0 Å². The SMILES string of the molecule is Cc1c(C(F)(F)C(F)(F)F)ccc2c1C(N1Cc3ccccc3C1=O)=C(N(O)C=O)C(C)(C)O2. The fraction of sp³-hybridized carbons (Fsp3) is 0.304. The zero-order valence-electron chi connectivity index (χ0n) is 18.2. The Kier molecular flexibility index (Phi) is 5.24. The maximum Gasteiger partial charge on any atom is 0.458 e. The zero-order valence-corrected chi connectivity index (χ0v) is 18.2. The average molecular weight is 482 g/mol. The number of carbonyl (C=O) groups is 2. The van der Waals surface area contributed by atoms with Crippen LogP contribution in [0.1, 0.15) is 46.5 Å². The Bertz CT molecular complexity index is 1240. The molecule has 0 spiro atoms. The van der Waals surface area contributed by atoms with E-state index in [0.717, 1.165) is 17.9 Å². The summed E-state index contributed by atoms with van der Waals surface area (Å²) in [5.74, 6) is -5.85. The number of amides is 2. The summed E-state index contributed by atoms with van der Waals surface area (Å²) in [5, 5.41) is 10.5. The number of fused-ring (bicyclic) bond motifs is 2. The average Bonchev–Trinajstić information content (AvgIpc) is 3.07. The largest absolute Gasteiger partial charge is 0.481 e. The second-order valence-electron chi connectivity index (χ2n) is 8.49. The van der Waals surface area contributed by atoms with Crippen LogP contribution in [0.15, 0.2) is 42.1 Å². The Morgan fingerprint density at radius 2 is 1.76 bits per heavy atom. The molecule has 1 N–H and O–H groups in total. The number of carbonyl (C=O) groups excluding carboxylic acids is 2. The number of alkyl halides is 5.